The molecule has 0 aliphatic heterocycles. The van der Waals surface area contributed by atoms with Crippen molar-refractivity contribution in [3.05, 3.63) is 77.3 Å². The average molecular weight is 350 g/mol. The van der Waals surface area contributed by atoms with Crippen LogP contribution in [-0.2, 0) is 19.5 Å². The predicted molar refractivity (Wildman–Crippen MR) is 99.6 cm³/mol. The van der Waals surface area contributed by atoms with Crippen LogP contribution >= 0.6 is 0 Å². The summed E-state index contributed by atoms with van der Waals surface area (Å²) >= 11 is 0. The summed E-state index contributed by atoms with van der Waals surface area (Å²) in [6.07, 6.45) is 4.47. The van der Waals surface area contributed by atoms with Crippen molar-refractivity contribution in [3.63, 3.8) is 0 Å². The molecule has 3 rings (SSSR count). The molecule has 134 valence electrons. The van der Waals surface area contributed by atoms with Crippen LogP contribution in [0.15, 0.2) is 59.4 Å². The van der Waals surface area contributed by atoms with E-state index < -0.39 is 0 Å². The van der Waals surface area contributed by atoms with Gasteiger partial charge in [0.05, 0.1) is 0 Å². The number of amides is 2. The SMILES string of the molecule is CCc1ccc(CN(Cc2cccnc2)C(=O)Nc2cc(C)on2)cc1. The molecule has 0 aliphatic carbocycles. The van der Waals surface area contributed by atoms with Crippen molar-refractivity contribution in [2.75, 3.05) is 5.32 Å². The topological polar surface area (TPSA) is 71.3 Å². The average Bonchev–Trinajstić information content (AvgIpc) is 3.07. The van der Waals surface area contributed by atoms with E-state index in [9.17, 15) is 4.79 Å². The lowest BCUT2D eigenvalue weighted by atomic mass is 10.1. The molecule has 0 saturated heterocycles. The Labute approximate surface area is 152 Å². The summed E-state index contributed by atoms with van der Waals surface area (Å²) in [4.78, 5) is 18.6. The Morgan fingerprint density at radius 2 is 1.85 bits per heavy atom. The third-order valence-electron chi connectivity index (χ3n) is 4.05. The predicted octanol–water partition coefficient (Wildman–Crippen LogP) is 4.17. The fraction of sp³-hybridized carbons (Fsp3) is 0.250. The first-order valence-corrected chi connectivity index (χ1v) is 8.60. The molecule has 6 heteroatoms. The maximum Gasteiger partial charge on any atom is 0.323 e. The minimum atomic E-state index is -0.235. The lowest BCUT2D eigenvalue weighted by Crippen LogP contribution is -2.34. The number of urea groups is 1. The van der Waals surface area contributed by atoms with E-state index in [1.807, 2.05) is 12.1 Å². The highest BCUT2D eigenvalue weighted by atomic mass is 16.5. The van der Waals surface area contributed by atoms with Gasteiger partial charge in [0.1, 0.15) is 5.76 Å². The van der Waals surface area contributed by atoms with Crippen LogP contribution in [0.5, 0.6) is 0 Å². The fourth-order valence-electron chi connectivity index (χ4n) is 2.63. The van der Waals surface area contributed by atoms with Crippen molar-refractivity contribution in [3.8, 4) is 0 Å². The molecule has 2 amide bonds. The van der Waals surface area contributed by atoms with Gasteiger partial charge >= 0.3 is 6.03 Å². The van der Waals surface area contributed by atoms with E-state index in [1.54, 1.807) is 30.3 Å². The van der Waals surface area contributed by atoms with Gasteiger partial charge in [-0.1, -0.05) is 42.4 Å². The second-order valence-electron chi connectivity index (χ2n) is 6.14. The van der Waals surface area contributed by atoms with Crippen LogP contribution in [0.4, 0.5) is 10.6 Å². The van der Waals surface area contributed by atoms with Crippen LogP contribution in [0, 0.1) is 6.92 Å². The summed E-state index contributed by atoms with van der Waals surface area (Å²) in [5, 5.41) is 6.62. The van der Waals surface area contributed by atoms with Gasteiger partial charge in [-0.15, -0.1) is 0 Å². The number of aryl methyl sites for hydroxylation is 2. The molecule has 2 heterocycles. The number of aromatic nitrogens is 2. The molecule has 1 N–H and O–H groups in total. The molecule has 0 radical (unpaired) electrons. The van der Waals surface area contributed by atoms with Crippen molar-refractivity contribution in [1.29, 1.82) is 0 Å². The lowest BCUT2D eigenvalue weighted by molar-refractivity contribution is 0.206. The maximum absolute atomic E-state index is 12.8. The molecule has 0 aliphatic rings. The van der Waals surface area contributed by atoms with Gasteiger partial charge in [0.15, 0.2) is 5.82 Å². The standard InChI is InChI=1S/C20H22N4O2/c1-3-16-6-8-17(9-7-16)13-24(14-18-5-4-10-21-12-18)20(25)22-19-11-15(2)26-23-19/h4-12H,3,13-14H2,1-2H3,(H,22,23,25). The lowest BCUT2D eigenvalue weighted by Gasteiger charge is -2.23. The molecule has 0 atom stereocenters. The second-order valence-corrected chi connectivity index (χ2v) is 6.14. The zero-order chi connectivity index (χ0) is 18.4. The first kappa shape index (κ1) is 17.7. The molecule has 26 heavy (non-hydrogen) atoms. The maximum atomic E-state index is 12.8. The van der Waals surface area contributed by atoms with Gasteiger partial charge in [-0.3, -0.25) is 10.3 Å². The van der Waals surface area contributed by atoms with E-state index in [0.29, 0.717) is 24.7 Å². The van der Waals surface area contributed by atoms with Crippen molar-refractivity contribution < 1.29 is 9.32 Å². The van der Waals surface area contributed by atoms with Crippen molar-refractivity contribution in [2.45, 2.75) is 33.4 Å². The first-order chi connectivity index (χ1) is 12.6. The Morgan fingerprint density at radius 3 is 2.46 bits per heavy atom. The number of hydrogen-bond acceptors (Lipinski definition) is 4. The van der Waals surface area contributed by atoms with Crippen LogP contribution < -0.4 is 5.32 Å². The highest BCUT2D eigenvalue weighted by Crippen LogP contribution is 2.14. The van der Waals surface area contributed by atoms with Gasteiger partial charge in [0.2, 0.25) is 0 Å². The summed E-state index contributed by atoms with van der Waals surface area (Å²) in [5.74, 6) is 1.05. The fourth-order valence-corrected chi connectivity index (χ4v) is 2.63. The van der Waals surface area contributed by atoms with Crippen molar-refractivity contribution >= 4 is 11.8 Å². The molecule has 2 aromatic heterocycles. The molecule has 0 fully saturated rings. The molecule has 0 bridgehead atoms. The van der Waals surface area contributed by atoms with Gasteiger partial charge < -0.3 is 9.42 Å². The van der Waals surface area contributed by atoms with Crippen LogP contribution in [0.1, 0.15) is 29.4 Å². The number of anilines is 1. The van der Waals surface area contributed by atoms with E-state index in [4.69, 9.17) is 4.52 Å². The zero-order valence-corrected chi connectivity index (χ0v) is 15.0. The normalized spacial score (nSPS) is 10.5. The van der Waals surface area contributed by atoms with Crippen molar-refractivity contribution in [2.24, 2.45) is 0 Å². The molecule has 3 aromatic rings. The number of nitrogens with zero attached hydrogens (tertiary/aromatic N) is 3. The van der Waals surface area contributed by atoms with Crippen LogP contribution in [0.3, 0.4) is 0 Å². The Balaban J connectivity index is 1.76. The zero-order valence-electron chi connectivity index (χ0n) is 15.0. The summed E-state index contributed by atoms with van der Waals surface area (Å²) in [6, 6.07) is 13.6. The van der Waals surface area contributed by atoms with Crippen LogP contribution in [0.2, 0.25) is 0 Å². The molecular formula is C20H22N4O2. The second kappa shape index (κ2) is 8.29. The monoisotopic (exact) mass is 350 g/mol. The summed E-state index contributed by atoms with van der Waals surface area (Å²) in [5.41, 5.74) is 3.30. The van der Waals surface area contributed by atoms with E-state index in [0.717, 1.165) is 17.5 Å². The van der Waals surface area contributed by atoms with Gasteiger partial charge in [-0.25, -0.2) is 4.79 Å². The van der Waals surface area contributed by atoms with Gasteiger partial charge in [-0.2, -0.15) is 0 Å². The highest BCUT2D eigenvalue weighted by Gasteiger charge is 2.16. The summed E-state index contributed by atoms with van der Waals surface area (Å²) < 4.78 is 5.01. The Kier molecular flexibility index (Phi) is 5.63. The van der Waals surface area contributed by atoms with E-state index in [1.165, 1.54) is 5.56 Å². The van der Waals surface area contributed by atoms with Gasteiger partial charge in [0, 0.05) is 31.5 Å². The summed E-state index contributed by atoms with van der Waals surface area (Å²) in [7, 11) is 0. The molecule has 0 spiro atoms. The number of nitrogens with one attached hydrogen (secondary N) is 1. The number of carbonyl (C=O) groups excluding carboxylic acids is 1. The van der Waals surface area contributed by atoms with Crippen LogP contribution in [0.25, 0.3) is 0 Å². The smallest absolute Gasteiger partial charge is 0.323 e. The minimum absolute atomic E-state index is 0.235. The van der Waals surface area contributed by atoms with Crippen molar-refractivity contribution in [1.82, 2.24) is 15.0 Å². The molecule has 6 nitrogen and oxygen atoms in total. The largest absolute Gasteiger partial charge is 0.360 e. The highest BCUT2D eigenvalue weighted by molar-refractivity contribution is 5.88. The van der Waals surface area contributed by atoms with Crippen LogP contribution in [-0.4, -0.2) is 21.1 Å². The molecule has 0 saturated carbocycles. The molecular weight excluding hydrogens is 328 g/mol. The number of hydrogen-bond donors (Lipinski definition) is 1. The third-order valence-corrected chi connectivity index (χ3v) is 4.05. The number of carbonyl (C=O) groups is 1. The molecule has 0 unspecified atom stereocenters. The quantitative estimate of drug-likeness (QED) is 0.724. The Morgan fingerprint density at radius 1 is 1.12 bits per heavy atom. The van der Waals surface area contributed by atoms with E-state index in [-0.39, 0.29) is 6.03 Å². The first-order valence-electron chi connectivity index (χ1n) is 8.60. The van der Waals surface area contributed by atoms with Gasteiger partial charge in [-0.05, 0) is 36.1 Å². The molecule has 1 aromatic carbocycles. The van der Waals surface area contributed by atoms with Gasteiger partial charge in [0.25, 0.3) is 0 Å². The minimum Gasteiger partial charge on any atom is -0.360 e. The number of pyridine rings is 1. The summed E-state index contributed by atoms with van der Waals surface area (Å²) in [6.45, 7) is 4.84. The van der Waals surface area contributed by atoms with E-state index in [2.05, 4.69) is 46.6 Å². The Hall–Kier alpha value is -3.15. The Bertz CT molecular complexity index is 844. The third kappa shape index (κ3) is 4.69. The number of rotatable bonds is 6. The number of benzene rings is 1. The van der Waals surface area contributed by atoms with E-state index >= 15 is 0 Å².